The highest BCUT2D eigenvalue weighted by atomic mass is 35.5. The molecule has 30 heavy (non-hydrogen) atoms. The minimum atomic E-state index is -1.38. The Kier molecular flexibility index (Phi) is 7.03. The van der Waals surface area contributed by atoms with Crippen molar-refractivity contribution < 1.29 is 14.7 Å². The summed E-state index contributed by atoms with van der Waals surface area (Å²) in [5, 5.41) is 14.5. The molecule has 2 aromatic rings. The van der Waals surface area contributed by atoms with Crippen molar-refractivity contribution in [1.82, 2.24) is 10.2 Å². The lowest BCUT2D eigenvalue weighted by Gasteiger charge is -2.35. The molecule has 2 unspecified atom stereocenters. The van der Waals surface area contributed by atoms with Crippen LogP contribution >= 0.6 is 23.2 Å². The highest BCUT2D eigenvalue weighted by Crippen LogP contribution is 2.33. The molecular formula is C22H25Cl2N3O3. The third-order valence-corrected chi connectivity index (χ3v) is 6.09. The molecule has 1 aliphatic rings. The fourth-order valence-electron chi connectivity index (χ4n) is 3.84. The average molecular weight is 450 g/mol. The van der Waals surface area contributed by atoms with Crippen molar-refractivity contribution in [3.63, 3.8) is 0 Å². The number of nitrogens with one attached hydrogen (secondary N) is 1. The number of likely N-dealkylation sites (tertiary alicyclic amines) is 1. The van der Waals surface area contributed by atoms with Crippen LogP contribution in [0.2, 0.25) is 10.0 Å². The van der Waals surface area contributed by atoms with Gasteiger partial charge in [-0.25, -0.2) is 0 Å². The van der Waals surface area contributed by atoms with Gasteiger partial charge in [-0.1, -0.05) is 41.4 Å². The molecule has 2 amide bonds. The first-order valence-electron chi connectivity index (χ1n) is 9.77. The van der Waals surface area contributed by atoms with Crippen molar-refractivity contribution in [2.24, 2.45) is 5.73 Å². The van der Waals surface area contributed by atoms with Gasteiger partial charge in [-0.05, 0) is 60.7 Å². The highest BCUT2D eigenvalue weighted by molar-refractivity contribution is 6.31. The van der Waals surface area contributed by atoms with Crippen LogP contribution in [0.1, 0.15) is 42.6 Å². The number of amides is 2. The predicted octanol–water partition coefficient (Wildman–Crippen LogP) is 3.18. The molecular weight excluding hydrogens is 425 g/mol. The van der Waals surface area contributed by atoms with Crippen LogP contribution in [-0.4, -0.2) is 33.9 Å². The van der Waals surface area contributed by atoms with Gasteiger partial charge in [-0.3, -0.25) is 9.59 Å². The van der Waals surface area contributed by atoms with E-state index in [1.807, 2.05) is 6.07 Å². The molecule has 1 aliphatic heterocycles. The van der Waals surface area contributed by atoms with E-state index in [1.165, 1.54) is 4.90 Å². The number of aliphatic hydroxyl groups is 1. The maximum atomic E-state index is 13.1. The molecule has 4 N–H and O–H groups in total. The lowest BCUT2D eigenvalue weighted by molar-refractivity contribution is -0.150. The van der Waals surface area contributed by atoms with Crippen LogP contribution in [0.3, 0.4) is 0 Å². The first-order chi connectivity index (χ1) is 14.3. The third-order valence-electron chi connectivity index (χ3n) is 5.62. The Morgan fingerprint density at radius 2 is 1.93 bits per heavy atom. The zero-order valence-corrected chi connectivity index (χ0v) is 18.2. The van der Waals surface area contributed by atoms with Crippen LogP contribution in [0.25, 0.3) is 0 Å². The van der Waals surface area contributed by atoms with Crippen molar-refractivity contribution >= 4 is 35.0 Å². The van der Waals surface area contributed by atoms with Crippen molar-refractivity contribution in [3.05, 3.63) is 69.2 Å². The van der Waals surface area contributed by atoms with Crippen LogP contribution in [0.5, 0.6) is 0 Å². The Labute approximate surface area is 186 Å². The summed E-state index contributed by atoms with van der Waals surface area (Å²) in [7, 11) is 0. The standard InChI is InChI=1S/C22H25Cl2N3O3/c1-22(21(30)26-13-16-11-18(24)7-6-15(16)12-25)8-3-9-27(22)20(29)19(28)14-4-2-5-17(23)10-14/h2,4-7,10-11,19,28H,3,8-9,12-13,25H2,1H3,(H,26,30). The van der Waals surface area contributed by atoms with Gasteiger partial charge in [0, 0.05) is 29.7 Å². The van der Waals surface area contributed by atoms with Gasteiger partial charge < -0.3 is 21.1 Å². The van der Waals surface area contributed by atoms with Gasteiger partial charge in [0.1, 0.15) is 5.54 Å². The second-order valence-electron chi connectivity index (χ2n) is 7.62. The molecule has 1 heterocycles. The smallest absolute Gasteiger partial charge is 0.256 e. The van der Waals surface area contributed by atoms with E-state index in [0.29, 0.717) is 41.5 Å². The lowest BCUT2D eigenvalue weighted by atomic mass is 9.96. The molecule has 2 atom stereocenters. The number of hydrogen-bond acceptors (Lipinski definition) is 4. The molecule has 0 aliphatic carbocycles. The molecule has 160 valence electrons. The number of carbonyl (C=O) groups is 2. The topological polar surface area (TPSA) is 95.7 Å². The Hall–Kier alpha value is -2.12. The fraction of sp³-hybridized carbons (Fsp3) is 0.364. The summed E-state index contributed by atoms with van der Waals surface area (Å²) in [4.78, 5) is 27.6. The van der Waals surface area contributed by atoms with Crippen molar-refractivity contribution in [3.8, 4) is 0 Å². The molecule has 3 rings (SSSR count). The summed E-state index contributed by atoms with van der Waals surface area (Å²) in [5.41, 5.74) is 6.83. The molecule has 0 spiro atoms. The number of benzene rings is 2. The van der Waals surface area contributed by atoms with E-state index in [4.69, 9.17) is 28.9 Å². The summed E-state index contributed by atoms with van der Waals surface area (Å²) < 4.78 is 0. The van der Waals surface area contributed by atoms with Crippen LogP contribution < -0.4 is 11.1 Å². The van der Waals surface area contributed by atoms with Crippen molar-refractivity contribution in [2.45, 2.75) is 44.5 Å². The molecule has 0 radical (unpaired) electrons. The molecule has 1 fully saturated rings. The van der Waals surface area contributed by atoms with Crippen molar-refractivity contribution in [1.29, 1.82) is 0 Å². The highest BCUT2D eigenvalue weighted by Gasteiger charge is 2.47. The van der Waals surface area contributed by atoms with Crippen LogP contribution in [-0.2, 0) is 22.7 Å². The van der Waals surface area contributed by atoms with Gasteiger partial charge in [-0.2, -0.15) is 0 Å². The monoisotopic (exact) mass is 449 g/mol. The molecule has 1 saturated heterocycles. The number of aliphatic hydroxyl groups excluding tert-OH is 1. The molecule has 8 heteroatoms. The normalized spacial score (nSPS) is 19.6. The summed E-state index contributed by atoms with van der Waals surface area (Å²) >= 11 is 12.0. The first-order valence-corrected chi connectivity index (χ1v) is 10.5. The predicted molar refractivity (Wildman–Crippen MR) is 117 cm³/mol. The minimum Gasteiger partial charge on any atom is -0.378 e. The van der Waals surface area contributed by atoms with E-state index >= 15 is 0 Å². The minimum absolute atomic E-state index is 0.250. The van der Waals surface area contributed by atoms with Crippen LogP contribution in [0, 0.1) is 0 Å². The van der Waals surface area contributed by atoms with E-state index in [2.05, 4.69) is 5.32 Å². The maximum absolute atomic E-state index is 13.1. The van der Waals surface area contributed by atoms with E-state index in [1.54, 1.807) is 43.3 Å². The summed E-state index contributed by atoms with van der Waals surface area (Å²) in [6.45, 7) is 2.70. The maximum Gasteiger partial charge on any atom is 0.256 e. The Bertz CT molecular complexity index is 953. The quantitative estimate of drug-likeness (QED) is 0.630. The molecule has 0 aromatic heterocycles. The first kappa shape index (κ1) is 22.6. The summed E-state index contributed by atoms with van der Waals surface area (Å²) in [6.07, 6.45) is -0.208. The average Bonchev–Trinajstić information content (AvgIpc) is 3.13. The van der Waals surface area contributed by atoms with Crippen LogP contribution in [0.4, 0.5) is 0 Å². The number of nitrogens with two attached hydrogens (primary N) is 1. The van der Waals surface area contributed by atoms with Gasteiger partial charge >= 0.3 is 0 Å². The molecule has 2 aromatic carbocycles. The van der Waals surface area contributed by atoms with E-state index < -0.39 is 17.6 Å². The Balaban J connectivity index is 1.74. The van der Waals surface area contributed by atoms with Crippen LogP contribution in [0.15, 0.2) is 42.5 Å². The Morgan fingerprint density at radius 1 is 1.20 bits per heavy atom. The third kappa shape index (κ3) is 4.62. The van der Waals surface area contributed by atoms with E-state index in [-0.39, 0.29) is 12.5 Å². The SMILES string of the molecule is CC1(C(=O)NCc2cc(Cl)ccc2CN)CCCN1C(=O)C(O)c1cccc(Cl)c1. The van der Waals surface area contributed by atoms with E-state index in [9.17, 15) is 14.7 Å². The number of halogens is 2. The van der Waals surface area contributed by atoms with Gasteiger partial charge in [0.2, 0.25) is 5.91 Å². The molecule has 0 saturated carbocycles. The van der Waals surface area contributed by atoms with E-state index in [0.717, 1.165) is 11.1 Å². The number of rotatable bonds is 6. The lowest BCUT2D eigenvalue weighted by Crippen LogP contribution is -2.56. The summed E-state index contributed by atoms with van der Waals surface area (Å²) in [6, 6.07) is 11.9. The largest absolute Gasteiger partial charge is 0.378 e. The zero-order chi connectivity index (χ0) is 21.9. The number of hydrogen-bond donors (Lipinski definition) is 3. The van der Waals surface area contributed by atoms with Crippen molar-refractivity contribution in [2.75, 3.05) is 6.54 Å². The number of nitrogens with zero attached hydrogens (tertiary/aromatic N) is 1. The Morgan fingerprint density at radius 3 is 2.63 bits per heavy atom. The molecule has 0 bridgehead atoms. The van der Waals surface area contributed by atoms with Gasteiger partial charge in [-0.15, -0.1) is 0 Å². The van der Waals surface area contributed by atoms with Gasteiger partial charge in [0.25, 0.3) is 5.91 Å². The summed E-state index contributed by atoms with van der Waals surface area (Å²) in [5.74, 6) is -0.799. The second-order valence-corrected chi connectivity index (χ2v) is 8.50. The number of carbonyl (C=O) groups excluding carboxylic acids is 2. The fourth-order valence-corrected chi connectivity index (χ4v) is 4.24. The van der Waals surface area contributed by atoms with Gasteiger partial charge in [0.15, 0.2) is 6.10 Å². The zero-order valence-electron chi connectivity index (χ0n) is 16.7. The second kappa shape index (κ2) is 9.35. The molecule has 6 nitrogen and oxygen atoms in total. The van der Waals surface area contributed by atoms with Gasteiger partial charge in [0.05, 0.1) is 0 Å².